The fourth-order valence-corrected chi connectivity index (χ4v) is 5.35. The van der Waals surface area contributed by atoms with Gasteiger partial charge in [0.15, 0.2) is 5.60 Å². The molecule has 5 rings (SSSR count). The van der Waals surface area contributed by atoms with E-state index in [0.717, 1.165) is 24.2 Å². The Morgan fingerprint density at radius 2 is 1.97 bits per heavy atom. The third kappa shape index (κ3) is 3.64. The zero-order chi connectivity index (χ0) is 20.4. The number of morpholine rings is 1. The molecule has 3 aromatic heterocycles. The summed E-state index contributed by atoms with van der Waals surface area (Å²) in [6, 6.07) is 12.1. The maximum absolute atomic E-state index is 13.8. The van der Waals surface area contributed by atoms with Crippen LogP contribution in [0.1, 0.15) is 21.9 Å². The quantitative estimate of drug-likeness (QED) is 0.635. The number of carbonyl (C=O) groups excluding carboxylic acids is 1. The van der Waals surface area contributed by atoms with Gasteiger partial charge in [-0.25, -0.2) is 0 Å². The van der Waals surface area contributed by atoms with Gasteiger partial charge in [-0.15, -0.1) is 11.3 Å². The fourth-order valence-electron chi connectivity index (χ4n) is 4.61. The molecule has 1 amide bonds. The molecule has 5 heterocycles. The van der Waals surface area contributed by atoms with Crippen molar-refractivity contribution in [1.82, 2.24) is 19.8 Å². The Balaban J connectivity index is 1.45. The van der Waals surface area contributed by atoms with Gasteiger partial charge in [-0.3, -0.25) is 19.7 Å². The van der Waals surface area contributed by atoms with Gasteiger partial charge in [-0.05, 0) is 34.7 Å². The summed E-state index contributed by atoms with van der Waals surface area (Å²) in [6.45, 7) is 3.89. The summed E-state index contributed by atoms with van der Waals surface area (Å²) >= 11 is 1.75. The molecule has 2 aliphatic rings. The lowest BCUT2D eigenvalue weighted by Gasteiger charge is -2.42. The first-order valence-electron chi connectivity index (χ1n) is 10.2. The summed E-state index contributed by atoms with van der Waals surface area (Å²) in [7, 11) is 0. The van der Waals surface area contributed by atoms with Gasteiger partial charge >= 0.3 is 0 Å². The topological polar surface area (TPSA) is 58.6 Å². The van der Waals surface area contributed by atoms with Crippen LogP contribution in [0.5, 0.6) is 0 Å². The highest BCUT2D eigenvalue weighted by Crippen LogP contribution is 2.42. The van der Waals surface area contributed by atoms with E-state index in [9.17, 15) is 4.79 Å². The summed E-state index contributed by atoms with van der Waals surface area (Å²) in [5.41, 5.74) is 1.22. The molecule has 6 nitrogen and oxygen atoms in total. The number of ether oxygens (including phenoxy) is 1. The molecular weight excluding hydrogens is 396 g/mol. The molecule has 2 atom stereocenters. The van der Waals surface area contributed by atoms with Crippen LogP contribution in [-0.2, 0) is 22.6 Å². The number of pyridine rings is 2. The molecule has 0 aliphatic carbocycles. The van der Waals surface area contributed by atoms with E-state index in [-0.39, 0.29) is 11.8 Å². The minimum absolute atomic E-state index is 0.0460. The SMILES string of the molecule is O=C1N(Cc2cccnc2)CCO[C@]12CN(Cc1cccs1)C[C@@H]2c1cccnc1. The van der Waals surface area contributed by atoms with E-state index in [1.807, 2.05) is 35.5 Å². The number of thiophene rings is 1. The molecule has 1 spiro atoms. The van der Waals surface area contributed by atoms with Crippen LogP contribution >= 0.6 is 11.3 Å². The minimum Gasteiger partial charge on any atom is -0.361 e. The Bertz CT molecular complexity index is 983. The van der Waals surface area contributed by atoms with E-state index in [4.69, 9.17) is 4.74 Å². The first-order chi connectivity index (χ1) is 14.7. The minimum atomic E-state index is -0.874. The molecule has 0 bridgehead atoms. The number of amides is 1. The first-order valence-corrected chi connectivity index (χ1v) is 11.1. The molecule has 2 fully saturated rings. The second kappa shape index (κ2) is 8.26. The molecule has 0 N–H and O–H groups in total. The van der Waals surface area contributed by atoms with Gasteiger partial charge in [-0.2, -0.15) is 0 Å². The van der Waals surface area contributed by atoms with Crippen molar-refractivity contribution in [2.24, 2.45) is 0 Å². The third-order valence-corrected chi connectivity index (χ3v) is 6.84. The van der Waals surface area contributed by atoms with Crippen LogP contribution < -0.4 is 0 Å². The van der Waals surface area contributed by atoms with Crippen molar-refractivity contribution < 1.29 is 9.53 Å². The maximum Gasteiger partial charge on any atom is 0.257 e. The largest absolute Gasteiger partial charge is 0.361 e. The third-order valence-electron chi connectivity index (χ3n) is 5.97. The van der Waals surface area contributed by atoms with Gasteiger partial charge in [-0.1, -0.05) is 18.2 Å². The van der Waals surface area contributed by atoms with Crippen LogP contribution in [0.3, 0.4) is 0 Å². The van der Waals surface area contributed by atoms with Gasteiger partial charge < -0.3 is 9.64 Å². The van der Waals surface area contributed by atoms with E-state index in [1.165, 1.54) is 4.88 Å². The smallest absolute Gasteiger partial charge is 0.257 e. The van der Waals surface area contributed by atoms with Crippen molar-refractivity contribution in [2.45, 2.75) is 24.6 Å². The number of nitrogens with zero attached hydrogens (tertiary/aromatic N) is 4. The highest BCUT2D eigenvalue weighted by Gasteiger charge is 2.57. The normalized spacial score (nSPS) is 24.6. The Morgan fingerprint density at radius 1 is 1.10 bits per heavy atom. The Labute approximate surface area is 180 Å². The first kappa shape index (κ1) is 19.4. The predicted octanol–water partition coefficient (Wildman–Crippen LogP) is 2.94. The highest BCUT2D eigenvalue weighted by molar-refractivity contribution is 7.09. The van der Waals surface area contributed by atoms with E-state index >= 15 is 0 Å². The van der Waals surface area contributed by atoms with Crippen molar-refractivity contribution in [2.75, 3.05) is 26.2 Å². The summed E-state index contributed by atoms with van der Waals surface area (Å²) in [5, 5.41) is 2.09. The highest BCUT2D eigenvalue weighted by atomic mass is 32.1. The number of rotatable bonds is 5. The Kier molecular flexibility index (Phi) is 5.33. The number of likely N-dealkylation sites (tertiary alicyclic amines) is 1. The maximum atomic E-state index is 13.8. The molecular formula is C23H24N4O2S. The predicted molar refractivity (Wildman–Crippen MR) is 115 cm³/mol. The summed E-state index contributed by atoms with van der Waals surface area (Å²) in [4.78, 5) is 27.9. The number of carbonyl (C=O) groups is 1. The molecule has 0 unspecified atom stereocenters. The fraction of sp³-hybridized carbons (Fsp3) is 0.348. The molecule has 0 aromatic carbocycles. The zero-order valence-electron chi connectivity index (χ0n) is 16.7. The number of hydrogen-bond acceptors (Lipinski definition) is 6. The number of hydrogen-bond donors (Lipinski definition) is 0. The van der Waals surface area contributed by atoms with Crippen LogP contribution in [-0.4, -0.2) is 57.5 Å². The van der Waals surface area contributed by atoms with E-state index in [1.54, 1.807) is 23.7 Å². The van der Waals surface area contributed by atoms with Crippen molar-refractivity contribution in [3.05, 3.63) is 82.6 Å². The van der Waals surface area contributed by atoms with E-state index < -0.39 is 5.60 Å². The standard InChI is InChI=1S/C23H24N4O2S/c28-22-23(29-10-9-27(22)14-18-4-1-7-24-12-18)17-26(15-20-6-3-11-30-20)16-21(23)19-5-2-8-25-13-19/h1-8,11-13,21H,9-10,14-17H2/t21-,23+/m1/s1. The molecule has 2 aliphatic heterocycles. The molecule has 3 aromatic rings. The molecule has 7 heteroatoms. The molecule has 0 radical (unpaired) electrons. The van der Waals surface area contributed by atoms with Gasteiger partial charge in [0.1, 0.15) is 0 Å². The average molecular weight is 421 g/mol. The zero-order valence-corrected chi connectivity index (χ0v) is 17.5. The lowest BCUT2D eigenvalue weighted by Crippen LogP contribution is -2.59. The van der Waals surface area contributed by atoms with Crippen LogP contribution in [0.4, 0.5) is 0 Å². The van der Waals surface area contributed by atoms with Crippen molar-refractivity contribution in [3.8, 4) is 0 Å². The molecule has 0 saturated carbocycles. The summed E-state index contributed by atoms with van der Waals surface area (Å²) < 4.78 is 6.35. The van der Waals surface area contributed by atoms with Crippen molar-refractivity contribution in [1.29, 1.82) is 0 Å². The molecule has 2 saturated heterocycles. The second-order valence-corrected chi connectivity index (χ2v) is 8.95. The molecule has 30 heavy (non-hydrogen) atoms. The van der Waals surface area contributed by atoms with E-state index in [2.05, 4.69) is 38.4 Å². The number of aromatic nitrogens is 2. The molecule has 154 valence electrons. The average Bonchev–Trinajstić information content (AvgIpc) is 3.42. The van der Waals surface area contributed by atoms with Crippen molar-refractivity contribution in [3.63, 3.8) is 0 Å². The monoisotopic (exact) mass is 420 g/mol. The van der Waals surface area contributed by atoms with E-state index in [0.29, 0.717) is 26.2 Å². The van der Waals surface area contributed by atoms with Gasteiger partial charge in [0, 0.05) is 68.3 Å². The van der Waals surface area contributed by atoms with Crippen LogP contribution in [0.2, 0.25) is 0 Å². The second-order valence-electron chi connectivity index (χ2n) is 7.91. The lowest BCUT2D eigenvalue weighted by atomic mass is 9.83. The van der Waals surface area contributed by atoms with Crippen molar-refractivity contribution >= 4 is 17.2 Å². The summed E-state index contributed by atoms with van der Waals surface area (Å²) in [6.07, 6.45) is 7.22. The van der Waals surface area contributed by atoms with Crippen LogP contribution in [0.15, 0.2) is 66.6 Å². The Hall–Kier alpha value is -2.61. The van der Waals surface area contributed by atoms with Crippen LogP contribution in [0, 0.1) is 0 Å². The van der Waals surface area contributed by atoms with Crippen LogP contribution in [0.25, 0.3) is 0 Å². The lowest BCUT2D eigenvalue weighted by molar-refractivity contribution is -0.173. The Morgan fingerprint density at radius 3 is 2.70 bits per heavy atom. The van der Waals surface area contributed by atoms with Gasteiger partial charge in [0.25, 0.3) is 5.91 Å². The summed E-state index contributed by atoms with van der Waals surface area (Å²) in [5.74, 6) is 0.0236. The van der Waals surface area contributed by atoms with Gasteiger partial charge in [0.05, 0.1) is 6.61 Å². The van der Waals surface area contributed by atoms with Gasteiger partial charge in [0.2, 0.25) is 0 Å².